The first-order valence-corrected chi connectivity index (χ1v) is 5.68. The first-order valence-electron chi connectivity index (χ1n) is 5.68. The molecule has 1 aromatic carbocycles. The van der Waals surface area contributed by atoms with Crippen LogP contribution in [0.15, 0.2) is 18.2 Å². The molecule has 1 heterocycles. The summed E-state index contributed by atoms with van der Waals surface area (Å²) in [5, 5.41) is 9.00. The topological polar surface area (TPSA) is 59.4 Å². The van der Waals surface area contributed by atoms with E-state index in [1.165, 1.54) is 0 Å². The normalized spacial score (nSPS) is 10.7. The van der Waals surface area contributed by atoms with Crippen molar-refractivity contribution in [3.8, 4) is 5.88 Å². The van der Waals surface area contributed by atoms with Crippen LogP contribution >= 0.6 is 0 Å². The van der Waals surface area contributed by atoms with Crippen LogP contribution in [0.2, 0.25) is 0 Å². The van der Waals surface area contributed by atoms with Crippen LogP contribution in [0, 0.1) is 11.6 Å². The lowest BCUT2D eigenvalue weighted by atomic mass is 10.1. The summed E-state index contributed by atoms with van der Waals surface area (Å²) in [6, 6.07) is 2.81. The van der Waals surface area contributed by atoms with Crippen LogP contribution in [-0.2, 0) is 0 Å². The zero-order valence-electron chi connectivity index (χ0n) is 10.1. The summed E-state index contributed by atoms with van der Waals surface area (Å²) >= 11 is 0. The maximum Gasteiger partial charge on any atom is 0.341 e. The standard InChI is InChI=1S/C13H11F2NO3/c1-2-3-19-12-9(13(17)18)6-8-10(15)4-7(14)5-11(8)16-12/h4-6H,2-3H2,1H3,(H,17,18). The zero-order chi connectivity index (χ0) is 14.0. The Balaban J connectivity index is 2.65. The Morgan fingerprint density at radius 1 is 1.37 bits per heavy atom. The largest absolute Gasteiger partial charge is 0.477 e. The van der Waals surface area contributed by atoms with Gasteiger partial charge in [0.2, 0.25) is 5.88 Å². The van der Waals surface area contributed by atoms with Crippen LogP contribution in [-0.4, -0.2) is 22.7 Å². The number of fused-ring (bicyclic) bond motifs is 1. The van der Waals surface area contributed by atoms with E-state index in [1.807, 2.05) is 6.92 Å². The molecule has 0 fully saturated rings. The number of benzene rings is 1. The molecule has 0 aliphatic rings. The van der Waals surface area contributed by atoms with Gasteiger partial charge in [-0.3, -0.25) is 0 Å². The number of halogens is 2. The number of hydrogen-bond acceptors (Lipinski definition) is 3. The lowest BCUT2D eigenvalue weighted by Gasteiger charge is -2.09. The van der Waals surface area contributed by atoms with E-state index in [2.05, 4.69) is 4.98 Å². The van der Waals surface area contributed by atoms with Crippen molar-refractivity contribution < 1.29 is 23.4 Å². The van der Waals surface area contributed by atoms with Crippen molar-refractivity contribution in [2.45, 2.75) is 13.3 Å². The smallest absolute Gasteiger partial charge is 0.341 e. The fourth-order valence-corrected chi connectivity index (χ4v) is 1.64. The molecule has 0 aliphatic heterocycles. The molecule has 0 atom stereocenters. The minimum atomic E-state index is -1.27. The molecule has 0 unspecified atom stereocenters. The highest BCUT2D eigenvalue weighted by atomic mass is 19.1. The molecule has 0 amide bonds. The van der Waals surface area contributed by atoms with Gasteiger partial charge in [-0.25, -0.2) is 18.6 Å². The van der Waals surface area contributed by atoms with Crippen molar-refractivity contribution in [3.63, 3.8) is 0 Å². The molecule has 19 heavy (non-hydrogen) atoms. The number of ether oxygens (including phenoxy) is 1. The minimum Gasteiger partial charge on any atom is -0.477 e. The van der Waals surface area contributed by atoms with E-state index >= 15 is 0 Å². The quantitative estimate of drug-likeness (QED) is 0.925. The molecule has 6 heteroatoms. The van der Waals surface area contributed by atoms with Gasteiger partial charge in [0.05, 0.1) is 12.1 Å². The second-order valence-electron chi connectivity index (χ2n) is 3.95. The number of aromatic carboxylic acids is 1. The van der Waals surface area contributed by atoms with Crippen molar-refractivity contribution in [2.75, 3.05) is 6.61 Å². The van der Waals surface area contributed by atoms with E-state index in [4.69, 9.17) is 9.84 Å². The van der Waals surface area contributed by atoms with Gasteiger partial charge in [-0.15, -0.1) is 0 Å². The molecule has 0 saturated carbocycles. The highest BCUT2D eigenvalue weighted by molar-refractivity contribution is 5.95. The third-order valence-electron chi connectivity index (χ3n) is 2.49. The highest BCUT2D eigenvalue weighted by Crippen LogP contribution is 2.25. The van der Waals surface area contributed by atoms with Crippen LogP contribution in [0.25, 0.3) is 10.9 Å². The summed E-state index contributed by atoms with van der Waals surface area (Å²) in [5.74, 6) is -3.04. The lowest BCUT2D eigenvalue weighted by molar-refractivity contribution is 0.0691. The predicted molar refractivity (Wildman–Crippen MR) is 64.4 cm³/mol. The van der Waals surface area contributed by atoms with Crippen molar-refractivity contribution in [2.24, 2.45) is 0 Å². The van der Waals surface area contributed by atoms with Gasteiger partial charge < -0.3 is 9.84 Å². The molecule has 2 aromatic rings. The van der Waals surface area contributed by atoms with Crippen LogP contribution in [0.3, 0.4) is 0 Å². The fourth-order valence-electron chi connectivity index (χ4n) is 1.64. The van der Waals surface area contributed by atoms with E-state index in [9.17, 15) is 13.6 Å². The molecule has 1 N–H and O–H groups in total. The van der Waals surface area contributed by atoms with E-state index in [0.29, 0.717) is 12.5 Å². The molecule has 0 aliphatic carbocycles. The highest BCUT2D eigenvalue weighted by Gasteiger charge is 2.17. The summed E-state index contributed by atoms with van der Waals surface area (Å²) in [4.78, 5) is 15.0. The summed E-state index contributed by atoms with van der Waals surface area (Å²) in [6.07, 6.45) is 0.663. The van der Waals surface area contributed by atoms with Crippen LogP contribution < -0.4 is 4.74 Å². The Kier molecular flexibility index (Phi) is 3.59. The first kappa shape index (κ1) is 13.2. The minimum absolute atomic E-state index is 0.0219. The number of carboxylic acid groups (broad SMARTS) is 1. The Hall–Kier alpha value is -2.24. The molecule has 4 nitrogen and oxygen atoms in total. The Labute approximate surface area is 107 Å². The van der Waals surface area contributed by atoms with Gasteiger partial charge in [-0.2, -0.15) is 0 Å². The molecular weight excluding hydrogens is 256 g/mol. The van der Waals surface area contributed by atoms with Gasteiger partial charge in [0.15, 0.2) is 0 Å². The molecule has 100 valence electrons. The monoisotopic (exact) mass is 267 g/mol. The lowest BCUT2D eigenvalue weighted by Crippen LogP contribution is -2.06. The first-order chi connectivity index (χ1) is 9.02. The van der Waals surface area contributed by atoms with Gasteiger partial charge in [0, 0.05) is 17.5 Å². The van der Waals surface area contributed by atoms with E-state index < -0.39 is 17.6 Å². The van der Waals surface area contributed by atoms with Gasteiger partial charge in [-0.1, -0.05) is 6.92 Å². The van der Waals surface area contributed by atoms with E-state index in [-0.39, 0.29) is 29.0 Å². The molecule has 0 spiro atoms. The van der Waals surface area contributed by atoms with E-state index in [1.54, 1.807) is 0 Å². The molecular formula is C13H11F2NO3. The van der Waals surface area contributed by atoms with Crippen molar-refractivity contribution in [3.05, 3.63) is 35.4 Å². The van der Waals surface area contributed by atoms with E-state index in [0.717, 1.165) is 12.1 Å². The number of rotatable bonds is 4. The Morgan fingerprint density at radius 2 is 2.11 bits per heavy atom. The van der Waals surface area contributed by atoms with Crippen LogP contribution in [0.5, 0.6) is 5.88 Å². The fraction of sp³-hybridized carbons (Fsp3) is 0.231. The van der Waals surface area contributed by atoms with Crippen LogP contribution in [0.1, 0.15) is 23.7 Å². The van der Waals surface area contributed by atoms with Crippen molar-refractivity contribution >= 4 is 16.9 Å². The number of hydrogen-bond donors (Lipinski definition) is 1. The number of pyridine rings is 1. The third-order valence-corrected chi connectivity index (χ3v) is 2.49. The molecule has 0 radical (unpaired) electrons. The third kappa shape index (κ3) is 2.62. The summed E-state index contributed by atoms with van der Waals surface area (Å²) in [6.45, 7) is 2.12. The van der Waals surface area contributed by atoms with Crippen molar-refractivity contribution in [1.82, 2.24) is 4.98 Å². The van der Waals surface area contributed by atoms with Gasteiger partial charge >= 0.3 is 5.97 Å². The molecule has 0 bridgehead atoms. The average Bonchev–Trinajstić information content (AvgIpc) is 2.34. The molecule has 2 rings (SSSR count). The molecule has 1 aromatic heterocycles. The maximum absolute atomic E-state index is 13.6. The second kappa shape index (κ2) is 5.17. The number of carbonyl (C=O) groups is 1. The van der Waals surface area contributed by atoms with Gasteiger partial charge in [-0.05, 0) is 12.5 Å². The summed E-state index contributed by atoms with van der Waals surface area (Å²) in [7, 11) is 0. The number of aromatic nitrogens is 1. The zero-order valence-corrected chi connectivity index (χ0v) is 10.1. The van der Waals surface area contributed by atoms with Gasteiger partial charge in [0.25, 0.3) is 0 Å². The molecule has 0 saturated heterocycles. The maximum atomic E-state index is 13.6. The van der Waals surface area contributed by atoms with Crippen molar-refractivity contribution in [1.29, 1.82) is 0 Å². The van der Waals surface area contributed by atoms with Crippen LogP contribution in [0.4, 0.5) is 8.78 Å². The Morgan fingerprint density at radius 3 is 2.74 bits per heavy atom. The number of nitrogens with zero attached hydrogens (tertiary/aromatic N) is 1. The summed E-state index contributed by atoms with van der Waals surface area (Å²) < 4.78 is 31.9. The number of carboxylic acids is 1. The Bertz CT molecular complexity index is 643. The summed E-state index contributed by atoms with van der Waals surface area (Å²) in [5.41, 5.74) is -0.222. The second-order valence-corrected chi connectivity index (χ2v) is 3.95. The SMILES string of the molecule is CCCOc1nc2cc(F)cc(F)c2cc1C(=O)O. The average molecular weight is 267 g/mol. The van der Waals surface area contributed by atoms with Gasteiger partial charge in [0.1, 0.15) is 17.2 Å². The predicted octanol–water partition coefficient (Wildman–Crippen LogP) is 3.00.